The van der Waals surface area contributed by atoms with Crippen LogP contribution in [0.15, 0.2) is 34.3 Å². The Morgan fingerprint density at radius 3 is 3.20 bits per heavy atom. The number of carbonyl (C=O) groups is 1. The van der Waals surface area contributed by atoms with Gasteiger partial charge < -0.3 is 0 Å². The minimum absolute atomic E-state index is 0.0312. The number of nitrogens with one attached hydrogen (secondary N) is 1. The van der Waals surface area contributed by atoms with Gasteiger partial charge in [-0.3, -0.25) is 4.79 Å². The Morgan fingerprint density at radius 1 is 1.40 bits per heavy atom. The van der Waals surface area contributed by atoms with Crippen LogP contribution in [-0.4, -0.2) is 17.4 Å². The van der Waals surface area contributed by atoms with Gasteiger partial charge >= 0.3 is 0 Å². The molecule has 0 radical (unpaired) electrons. The van der Waals surface area contributed by atoms with Crippen LogP contribution in [0.2, 0.25) is 0 Å². The maximum Gasteiger partial charge on any atom is 0.240 e. The van der Waals surface area contributed by atoms with Gasteiger partial charge in [0.05, 0.1) is 5.71 Å². The summed E-state index contributed by atoms with van der Waals surface area (Å²) in [6.45, 7) is 0. The molecule has 1 aromatic rings. The van der Waals surface area contributed by atoms with E-state index in [-0.39, 0.29) is 5.91 Å². The number of carbonyl (C=O) groups excluding carboxylic acids is 1. The lowest BCUT2D eigenvalue weighted by Gasteiger charge is -2.28. The highest BCUT2D eigenvalue weighted by Crippen LogP contribution is 2.35. The zero-order chi connectivity index (χ0) is 10.3. The Labute approximate surface area is 91.9 Å². The minimum atomic E-state index is 0.0312. The highest BCUT2D eigenvalue weighted by Gasteiger charge is 2.30. The lowest BCUT2D eigenvalue weighted by molar-refractivity contribution is -0.121. The molecule has 0 fully saturated rings. The molecular formula is C11H10N2OS. The third kappa shape index (κ3) is 1.45. The summed E-state index contributed by atoms with van der Waals surface area (Å²) in [6.07, 6.45) is 0.570. The van der Waals surface area contributed by atoms with Crippen LogP contribution in [0.4, 0.5) is 0 Å². The molecule has 0 spiro atoms. The van der Waals surface area contributed by atoms with Gasteiger partial charge in [0.2, 0.25) is 5.91 Å². The van der Waals surface area contributed by atoms with Gasteiger partial charge in [0.15, 0.2) is 0 Å². The van der Waals surface area contributed by atoms with Crippen molar-refractivity contribution in [2.75, 3.05) is 5.75 Å². The van der Waals surface area contributed by atoms with Crippen molar-refractivity contribution in [3.8, 4) is 0 Å². The standard InChI is InChI=1S/C11H10N2OS/c14-10-5-7-6-15-9-4-2-1-3-8(9)11(7)13-12-10/h1-4,7H,5-6H2,(H,12,14). The number of rotatable bonds is 0. The Balaban J connectivity index is 2.09. The first-order valence-electron chi connectivity index (χ1n) is 4.93. The molecule has 0 bridgehead atoms. The number of amides is 1. The van der Waals surface area contributed by atoms with Crippen LogP contribution in [0.25, 0.3) is 0 Å². The van der Waals surface area contributed by atoms with Gasteiger partial charge in [-0.25, -0.2) is 5.43 Å². The second kappa shape index (κ2) is 3.38. The molecule has 4 heteroatoms. The van der Waals surface area contributed by atoms with E-state index in [1.54, 1.807) is 0 Å². The third-order valence-electron chi connectivity index (χ3n) is 2.72. The summed E-state index contributed by atoms with van der Waals surface area (Å²) in [5.41, 5.74) is 4.79. The highest BCUT2D eigenvalue weighted by atomic mass is 32.2. The third-order valence-corrected chi connectivity index (χ3v) is 3.96. The van der Waals surface area contributed by atoms with Crippen molar-refractivity contribution in [2.45, 2.75) is 11.3 Å². The van der Waals surface area contributed by atoms with E-state index in [1.807, 2.05) is 23.9 Å². The van der Waals surface area contributed by atoms with Crippen LogP contribution in [0.3, 0.4) is 0 Å². The summed E-state index contributed by atoms with van der Waals surface area (Å²) in [5.74, 6) is 1.28. The van der Waals surface area contributed by atoms with Crippen LogP contribution < -0.4 is 5.43 Å². The Kier molecular flexibility index (Phi) is 2.02. The smallest absolute Gasteiger partial charge is 0.240 e. The average molecular weight is 218 g/mol. The molecule has 1 amide bonds. The van der Waals surface area contributed by atoms with Crippen molar-refractivity contribution in [2.24, 2.45) is 11.0 Å². The highest BCUT2D eigenvalue weighted by molar-refractivity contribution is 7.99. The van der Waals surface area contributed by atoms with Crippen LogP contribution in [0.5, 0.6) is 0 Å². The van der Waals surface area contributed by atoms with Gasteiger partial charge in [0.1, 0.15) is 0 Å². The molecule has 1 N–H and O–H groups in total. The molecule has 2 heterocycles. The van der Waals surface area contributed by atoms with Crippen molar-refractivity contribution in [3.63, 3.8) is 0 Å². The fraction of sp³-hybridized carbons (Fsp3) is 0.273. The summed E-state index contributed by atoms with van der Waals surface area (Å²) in [5, 5.41) is 4.18. The van der Waals surface area contributed by atoms with E-state index in [0.29, 0.717) is 12.3 Å². The average Bonchev–Trinajstić information content (AvgIpc) is 2.28. The fourth-order valence-corrected chi connectivity index (χ4v) is 3.15. The Hall–Kier alpha value is -1.29. The molecule has 2 aliphatic heterocycles. The van der Waals surface area contributed by atoms with Gasteiger partial charge in [0, 0.05) is 28.6 Å². The van der Waals surface area contributed by atoms with Crippen LogP contribution in [0.1, 0.15) is 12.0 Å². The molecule has 0 aliphatic carbocycles. The van der Waals surface area contributed by atoms with Crippen LogP contribution in [-0.2, 0) is 4.79 Å². The quantitative estimate of drug-likeness (QED) is 0.719. The van der Waals surface area contributed by atoms with E-state index in [2.05, 4.69) is 22.7 Å². The first kappa shape index (κ1) is 8.97. The van der Waals surface area contributed by atoms with Gasteiger partial charge in [0.25, 0.3) is 0 Å². The maximum atomic E-state index is 11.2. The van der Waals surface area contributed by atoms with E-state index < -0.39 is 0 Å². The fourth-order valence-electron chi connectivity index (χ4n) is 1.99. The van der Waals surface area contributed by atoms with E-state index in [1.165, 1.54) is 10.5 Å². The number of hydrogen-bond acceptors (Lipinski definition) is 3. The van der Waals surface area contributed by atoms with Crippen molar-refractivity contribution >= 4 is 23.4 Å². The van der Waals surface area contributed by atoms with Crippen molar-refractivity contribution in [3.05, 3.63) is 29.8 Å². The zero-order valence-corrected chi connectivity index (χ0v) is 8.88. The van der Waals surface area contributed by atoms with Crippen molar-refractivity contribution in [1.82, 2.24) is 5.43 Å². The monoisotopic (exact) mass is 218 g/mol. The number of thioether (sulfide) groups is 1. The Bertz CT molecular complexity index is 456. The Morgan fingerprint density at radius 2 is 2.27 bits per heavy atom. The summed E-state index contributed by atoms with van der Waals surface area (Å²) in [6, 6.07) is 8.23. The molecular weight excluding hydrogens is 208 g/mol. The molecule has 3 nitrogen and oxygen atoms in total. The predicted octanol–water partition coefficient (Wildman–Crippen LogP) is 1.63. The predicted molar refractivity (Wildman–Crippen MR) is 60.0 cm³/mol. The number of nitrogens with zero attached hydrogens (tertiary/aromatic N) is 1. The molecule has 1 aromatic carbocycles. The second-order valence-electron chi connectivity index (χ2n) is 3.74. The van der Waals surface area contributed by atoms with E-state index in [0.717, 1.165) is 11.5 Å². The molecule has 2 aliphatic rings. The van der Waals surface area contributed by atoms with Gasteiger partial charge in [-0.2, -0.15) is 5.10 Å². The largest absolute Gasteiger partial charge is 0.273 e. The summed E-state index contributed by atoms with van der Waals surface area (Å²) < 4.78 is 0. The maximum absolute atomic E-state index is 11.2. The molecule has 3 rings (SSSR count). The lowest BCUT2D eigenvalue weighted by Crippen LogP contribution is -2.36. The molecule has 15 heavy (non-hydrogen) atoms. The van der Waals surface area contributed by atoms with Crippen molar-refractivity contribution in [1.29, 1.82) is 0 Å². The van der Waals surface area contributed by atoms with E-state index in [4.69, 9.17) is 0 Å². The molecule has 1 unspecified atom stereocenters. The summed E-state index contributed by atoms with van der Waals surface area (Å²) in [7, 11) is 0. The SMILES string of the molecule is O=C1CC2CSc3ccccc3C2=NN1. The number of fused-ring (bicyclic) bond motifs is 3. The van der Waals surface area contributed by atoms with Crippen LogP contribution in [0, 0.1) is 5.92 Å². The molecule has 1 atom stereocenters. The summed E-state index contributed by atoms with van der Waals surface area (Å²) in [4.78, 5) is 12.5. The molecule has 76 valence electrons. The molecule has 0 aromatic heterocycles. The number of hydrazone groups is 1. The van der Waals surface area contributed by atoms with Crippen LogP contribution >= 0.6 is 11.8 Å². The van der Waals surface area contributed by atoms with E-state index in [9.17, 15) is 4.79 Å². The number of benzene rings is 1. The minimum Gasteiger partial charge on any atom is -0.273 e. The first-order valence-corrected chi connectivity index (χ1v) is 5.92. The molecule has 0 saturated carbocycles. The van der Waals surface area contributed by atoms with Gasteiger partial charge in [-0.1, -0.05) is 18.2 Å². The van der Waals surface area contributed by atoms with Crippen molar-refractivity contribution < 1.29 is 4.79 Å². The first-order chi connectivity index (χ1) is 7.34. The van der Waals surface area contributed by atoms with E-state index >= 15 is 0 Å². The van der Waals surface area contributed by atoms with Gasteiger partial charge in [-0.05, 0) is 6.07 Å². The molecule has 0 saturated heterocycles. The second-order valence-corrected chi connectivity index (χ2v) is 4.80. The van der Waals surface area contributed by atoms with Gasteiger partial charge in [-0.15, -0.1) is 11.8 Å². The number of hydrogen-bond donors (Lipinski definition) is 1. The zero-order valence-electron chi connectivity index (χ0n) is 8.06. The normalized spacial score (nSPS) is 23.6. The topological polar surface area (TPSA) is 41.5 Å². The lowest BCUT2D eigenvalue weighted by atomic mass is 9.93. The summed E-state index contributed by atoms with van der Waals surface area (Å²) >= 11 is 1.82.